The highest BCUT2D eigenvalue weighted by molar-refractivity contribution is 6.06. The van der Waals surface area contributed by atoms with Crippen molar-refractivity contribution in [3.63, 3.8) is 0 Å². The van der Waals surface area contributed by atoms with Gasteiger partial charge < -0.3 is 24.3 Å². The summed E-state index contributed by atoms with van der Waals surface area (Å²) in [5.41, 5.74) is -2.34. The maximum atomic E-state index is 12.9. The van der Waals surface area contributed by atoms with Gasteiger partial charge in [-0.1, -0.05) is 0 Å². The Hall–Kier alpha value is -4.45. The predicted molar refractivity (Wildman–Crippen MR) is 129 cm³/mol. The fourth-order valence-corrected chi connectivity index (χ4v) is 3.87. The second-order valence-electron chi connectivity index (χ2n) is 8.31. The summed E-state index contributed by atoms with van der Waals surface area (Å²) in [7, 11) is 0. The molecule has 1 fully saturated rings. The van der Waals surface area contributed by atoms with Gasteiger partial charge in [0, 0.05) is 32.7 Å². The molecule has 38 heavy (non-hydrogen) atoms. The number of nitriles is 1. The van der Waals surface area contributed by atoms with E-state index in [4.69, 9.17) is 19.8 Å². The first kappa shape index (κ1) is 26.6. The van der Waals surface area contributed by atoms with Crippen LogP contribution >= 0.6 is 0 Å². The maximum absolute atomic E-state index is 12.9. The van der Waals surface area contributed by atoms with Crippen LogP contribution in [0.25, 0.3) is 11.1 Å². The maximum Gasteiger partial charge on any atom is 0.433 e. The Kier molecular flexibility index (Phi) is 7.91. The molecule has 200 valence electrons. The van der Waals surface area contributed by atoms with Crippen molar-refractivity contribution in [1.82, 2.24) is 20.1 Å². The van der Waals surface area contributed by atoms with E-state index in [0.29, 0.717) is 48.9 Å². The minimum atomic E-state index is -4.99. The number of rotatable bonds is 9. The third-order valence-electron chi connectivity index (χ3n) is 5.82. The van der Waals surface area contributed by atoms with E-state index >= 15 is 0 Å². The molecule has 1 amide bonds. The lowest BCUT2D eigenvalue weighted by Gasteiger charge is -2.33. The van der Waals surface area contributed by atoms with Gasteiger partial charge in [-0.2, -0.15) is 28.5 Å². The van der Waals surface area contributed by atoms with Crippen molar-refractivity contribution in [3.8, 4) is 6.07 Å². The quantitative estimate of drug-likeness (QED) is 0.276. The number of benzene rings is 1. The fourth-order valence-electron chi connectivity index (χ4n) is 3.87. The number of amides is 1. The number of nitrogens with one attached hydrogen (secondary N) is 3. The average Bonchev–Trinajstić information content (AvgIpc) is 3.33. The van der Waals surface area contributed by atoms with E-state index in [2.05, 4.69) is 21.5 Å². The topological polar surface area (TPSA) is 164 Å². The molecule has 0 atom stereocenters. The van der Waals surface area contributed by atoms with Crippen molar-refractivity contribution >= 4 is 34.4 Å². The molecule has 1 aliphatic rings. The monoisotopic (exact) mass is 532 g/mol. The van der Waals surface area contributed by atoms with Crippen molar-refractivity contribution < 1.29 is 27.1 Å². The summed E-state index contributed by atoms with van der Waals surface area (Å²) in [6.45, 7) is 2.17. The van der Waals surface area contributed by atoms with E-state index in [9.17, 15) is 22.8 Å². The number of carbonyl (C=O) groups is 1. The summed E-state index contributed by atoms with van der Waals surface area (Å²) in [5, 5.41) is 24.2. The molecule has 0 unspecified atom stereocenters. The lowest BCUT2D eigenvalue weighted by Crippen LogP contribution is -2.49. The van der Waals surface area contributed by atoms with Crippen LogP contribution in [0, 0.1) is 16.7 Å². The number of carbonyl (C=O) groups excluding carboxylic acids is 1. The van der Waals surface area contributed by atoms with Crippen molar-refractivity contribution in [3.05, 3.63) is 45.9 Å². The summed E-state index contributed by atoms with van der Waals surface area (Å²) in [6, 6.07) is 7.50. The number of halogens is 3. The number of nitrogens with zero attached hydrogens (tertiary/aromatic N) is 5. The first-order valence-electron chi connectivity index (χ1n) is 11.6. The second-order valence-corrected chi connectivity index (χ2v) is 8.31. The summed E-state index contributed by atoms with van der Waals surface area (Å²) >= 11 is 0. The molecule has 15 heteroatoms. The predicted octanol–water partition coefficient (Wildman–Crippen LogP) is 1.88. The Morgan fingerprint density at radius 3 is 2.74 bits per heavy atom. The Balaban J connectivity index is 1.18. The molecule has 12 nitrogen and oxygen atoms in total. The van der Waals surface area contributed by atoms with E-state index in [1.165, 1.54) is 0 Å². The van der Waals surface area contributed by atoms with Crippen molar-refractivity contribution in [2.24, 2.45) is 0 Å². The number of H-pyrrole nitrogens is 1. The number of aromatic amines is 1. The van der Waals surface area contributed by atoms with Gasteiger partial charge in [-0.05, 0) is 18.2 Å². The minimum Gasteiger partial charge on any atom is -0.423 e. The Morgan fingerprint density at radius 2 is 2.03 bits per heavy atom. The standard InChI is InChI=1S/C23H23F3N8O4/c24-23(25,26)20(28)19-16(13-30-32-21(19)36)29-4-10-37-9-3-18(35)33-5-7-34(8-6-33)22-31-15-11-14(12-27)1-2-17(15)38-22/h1-2,11,13,28H,3-10H2,(H2,29,32,36). The zero-order chi connectivity index (χ0) is 27.3. The number of aromatic nitrogens is 3. The van der Waals surface area contributed by atoms with Crippen LogP contribution in [0.4, 0.5) is 24.9 Å². The first-order chi connectivity index (χ1) is 18.2. The van der Waals surface area contributed by atoms with Gasteiger partial charge in [-0.15, -0.1) is 0 Å². The van der Waals surface area contributed by atoms with Crippen molar-refractivity contribution in [1.29, 1.82) is 10.7 Å². The lowest BCUT2D eigenvalue weighted by molar-refractivity contribution is -0.132. The van der Waals surface area contributed by atoms with Gasteiger partial charge in [0.1, 0.15) is 5.52 Å². The number of alkyl halides is 3. The largest absolute Gasteiger partial charge is 0.433 e. The van der Waals surface area contributed by atoms with E-state index in [-0.39, 0.29) is 37.8 Å². The molecule has 3 N–H and O–H groups in total. The van der Waals surface area contributed by atoms with E-state index in [1.54, 1.807) is 23.1 Å². The van der Waals surface area contributed by atoms with Crippen LogP contribution in [-0.4, -0.2) is 83.8 Å². The fraction of sp³-hybridized carbons (Fsp3) is 0.391. The van der Waals surface area contributed by atoms with Crippen LogP contribution in [0.15, 0.2) is 33.6 Å². The Morgan fingerprint density at radius 1 is 1.26 bits per heavy atom. The smallest absolute Gasteiger partial charge is 0.423 e. The number of piperazine rings is 1. The Bertz CT molecular complexity index is 1420. The molecule has 1 saturated heterocycles. The molecule has 2 aromatic heterocycles. The number of hydrogen-bond acceptors (Lipinski definition) is 10. The molecule has 0 spiro atoms. The SMILES string of the molecule is N#Cc1ccc2oc(N3CCN(C(=O)CCOCCNc4cn[nH]c(=O)c4C(=N)C(F)(F)F)CC3)nc2c1. The highest BCUT2D eigenvalue weighted by atomic mass is 19.4. The number of anilines is 2. The van der Waals surface area contributed by atoms with Crippen LogP contribution < -0.4 is 15.8 Å². The first-order valence-corrected chi connectivity index (χ1v) is 11.6. The average molecular weight is 532 g/mol. The summed E-state index contributed by atoms with van der Waals surface area (Å²) < 4.78 is 49.8. The van der Waals surface area contributed by atoms with Crippen molar-refractivity contribution in [2.75, 3.05) is 56.2 Å². The van der Waals surface area contributed by atoms with Gasteiger partial charge in [-0.25, -0.2) is 5.10 Å². The minimum absolute atomic E-state index is 0.0382. The molecular formula is C23H23F3N8O4. The number of fused-ring (bicyclic) bond motifs is 1. The molecule has 4 rings (SSSR count). The highest BCUT2D eigenvalue weighted by Crippen LogP contribution is 2.24. The van der Waals surface area contributed by atoms with Crippen molar-refractivity contribution in [2.45, 2.75) is 12.6 Å². The normalized spacial score (nSPS) is 13.9. The van der Waals surface area contributed by atoms with Crippen LogP contribution in [-0.2, 0) is 9.53 Å². The van der Waals surface area contributed by atoms with Gasteiger partial charge in [0.25, 0.3) is 11.6 Å². The van der Waals surface area contributed by atoms with Gasteiger partial charge in [-0.3, -0.25) is 15.0 Å². The molecule has 3 heterocycles. The molecule has 0 bridgehead atoms. The molecule has 1 aliphatic heterocycles. The Labute approximate surface area is 213 Å². The molecule has 0 aliphatic carbocycles. The van der Waals surface area contributed by atoms with Crippen LogP contribution in [0.3, 0.4) is 0 Å². The van der Waals surface area contributed by atoms with Crippen LogP contribution in [0.2, 0.25) is 0 Å². The van der Waals surface area contributed by atoms with Gasteiger partial charge >= 0.3 is 6.18 Å². The number of oxazole rings is 1. The molecular weight excluding hydrogens is 509 g/mol. The van der Waals surface area contributed by atoms with Crippen LogP contribution in [0.1, 0.15) is 17.5 Å². The summed E-state index contributed by atoms with van der Waals surface area (Å²) in [5.74, 6) is -0.103. The lowest BCUT2D eigenvalue weighted by atomic mass is 10.1. The highest BCUT2D eigenvalue weighted by Gasteiger charge is 2.38. The molecule has 1 aromatic carbocycles. The molecule has 0 radical (unpaired) electrons. The van der Waals surface area contributed by atoms with Gasteiger partial charge in [0.15, 0.2) is 11.3 Å². The van der Waals surface area contributed by atoms with E-state index < -0.39 is 23.0 Å². The summed E-state index contributed by atoms with van der Waals surface area (Å²) in [6.07, 6.45) is -3.88. The second kappa shape index (κ2) is 11.3. The van der Waals surface area contributed by atoms with E-state index in [0.717, 1.165) is 6.20 Å². The number of ether oxygens (including phenoxy) is 1. The van der Waals surface area contributed by atoms with Gasteiger partial charge in [0.2, 0.25) is 5.91 Å². The zero-order valence-corrected chi connectivity index (χ0v) is 20.0. The molecule has 0 saturated carbocycles. The summed E-state index contributed by atoms with van der Waals surface area (Å²) in [4.78, 5) is 32.3. The third kappa shape index (κ3) is 6.09. The number of hydrogen-bond donors (Lipinski definition) is 3. The van der Waals surface area contributed by atoms with Gasteiger partial charge in [0.05, 0.1) is 48.7 Å². The van der Waals surface area contributed by atoms with E-state index in [1.807, 2.05) is 10.00 Å². The molecule has 3 aromatic rings. The van der Waals surface area contributed by atoms with Crippen LogP contribution in [0.5, 0.6) is 0 Å². The zero-order valence-electron chi connectivity index (χ0n) is 20.0. The third-order valence-corrected chi connectivity index (χ3v) is 5.82.